The van der Waals surface area contributed by atoms with E-state index >= 15 is 0 Å². The Hall–Kier alpha value is -3.17. The van der Waals surface area contributed by atoms with Crippen LogP contribution in [0.1, 0.15) is 0 Å². The highest BCUT2D eigenvalue weighted by atomic mass is 16.4. The molecule has 1 aromatic carbocycles. The molecule has 1 rings (SSSR count). The van der Waals surface area contributed by atoms with Crippen molar-refractivity contribution in [2.24, 2.45) is 0 Å². The first-order chi connectivity index (χ1) is 11.3. The smallest absolute Gasteiger partial charge is 0.423 e. The largest absolute Gasteiger partial charge is 0.490 e. The van der Waals surface area contributed by atoms with E-state index in [9.17, 15) is 24.4 Å². The second-order valence-electron chi connectivity index (χ2n) is 4.41. The van der Waals surface area contributed by atoms with Crippen LogP contribution in [0.25, 0.3) is 0 Å². The summed E-state index contributed by atoms with van der Waals surface area (Å²) >= 11 is 0. The molecule has 0 bridgehead atoms. The molecule has 0 aromatic heterocycles. The molecule has 5 N–H and O–H groups in total. The van der Waals surface area contributed by atoms with Crippen molar-refractivity contribution in [2.45, 2.75) is 0 Å². The van der Waals surface area contributed by atoms with Crippen molar-refractivity contribution in [3.05, 3.63) is 50.1 Å². The molecule has 124 valence electrons. The number of carbonyl (C=O) groups is 3. The normalized spacial score (nSPS) is 9.42. The van der Waals surface area contributed by atoms with Gasteiger partial charge in [-0.25, -0.2) is 0 Å². The van der Waals surface area contributed by atoms with Gasteiger partial charge in [-0.05, 0) is 24.3 Å². The third-order valence-corrected chi connectivity index (χ3v) is 2.83. The first-order valence-corrected chi connectivity index (χ1v) is 6.67. The fourth-order valence-corrected chi connectivity index (χ4v) is 1.73. The van der Waals surface area contributed by atoms with Crippen molar-refractivity contribution < 1.29 is 24.4 Å². The Morgan fingerprint density at radius 3 is 1.75 bits per heavy atom. The Morgan fingerprint density at radius 1 is 0.833 bits per heavy atom. The average molecular weight is 329 g/mol. The second-order valence-corrected chi connectivity index (χ2v) is 4.41. The van der Waals surface area contributed by atoms with Crippen LogP contribution in [0, 0.1) is 0 Å². The lowest BCUT2D eigenvalue weighted by atomic mass is 9.78. The molecular formula is C15H16BN3O5. The van der Waals surface area contributed by atoms with Crippen LogP contribution in [0.3, 0.4) is 0 Å². The van der Waals surface area contributed by atoms with Crippen molar-refractivity contribution in [3.8, 4) is 0 Å². The summed E-state index contributed by atoms with van der Waals surface area (Å²) in [6.45, 7) is 9.92. The maximum atomic E-state index is 11.7. The van der Waals surface area contributed by atoms with Crippen LogP contribution in [0.15, 0.2) is 50.1 Å². The van der Waals surface area contributed by atoms with E-state index in [1.54, 1.807) is 0 Å². The van der Waals surface area contributed by atoms with Gasteiger partial charge in [-0.2, -0.15) is 0 Å². The van der Waals surface area contributed by atoms with Gasteiger partial charge in [0.2, 0.25) is 17.7 Å². The molecule has 0 spiro atoms. The van der Waals surface area contributed by atoms with Crippen molar-refractivity contribution in [2.75, 3.05) is 16.0 Å². The molecule has 3 amide bonds. The third kappa shape index (κ3) is 4.67. The van der Waals surface area contributed by atoms with Gasteiger partial charge >= 0.3 is 7.12 Å². The van der Waals surface area contributed by atoms with Crippen LogP contribution in [0.5, 0.6) is 0 Å². The predicted octanol–water partition coefficient (Wildman–Crippen LogP) is -0.260. The Balaban J connectivity index is 3.56. The molecule has 0 radical (unpaired) electrons. The standard InChI is InChI=1S/C15H16BN3O5/c1-4-11(20)17-10-8-7-9(16(23)24)14(18-12(21)5-2)15(10)19-13(22)6-3/h4-8,23-24H,1-3H2,(H,17,20)(H,18,21)(H,19,22). The molecule has 0 fully saturated rings. The molecule has 1 aromatic rings. The summed E-state index contributed by atoms with van der Waals surface area (Å²) in [5.74, 6) is -1.86. The number of nitrogens with one attached hydrogen (secondary N) is 3. The SMILES string of the molecule is C=CC(=O)Nc1ccc(B(O)O)c(NC(=O)C=C)c1NC(=O)C=C. The molecule has 0 atom stereocenters. The number of benzene rings is 1. The van der Waals surface area contributed by atoms with Gasteiger partial charge in [-0.15, -0.1) is 0 Å². The summed E-state index contributed by atoms with van der Waals surface area (Å²) < 4.78 is 0. The molecule has 0 saturated heterocycles. The van der Waals surface area contributed by atoms with E-state index in [0.717, 1.165) is 18.2 Å². The summed E-state index contributed by atoms with van der Waals surface area (Å²) in [5, 5.41) is 26.1. The lowest BCUT2D eigenvalue weighted by Gasteiger charge is -2.19. The Kier molecular flexibility index (Phi) is 6.66. The molecule has 8 nitrogen and oxygen atoms in total. The molecule has 0 aliphatic heterocycles. The topological polar surface area (TPSA) is 128 Å². The van der Waals surface area contributed by atoms with Crippen LogP contribution >= 0.6 is 0 Å². The first kappa shape index (κ1) is 18.9. The molecule has 0 aliphatic rings. The average Bonchev–Trinajstić information content (AvgIpc) is 2.56. The Morgan fingerprint density at radius 2 is 1.29 bits per heavy atom. The minimum atomic E-state index is -1.94. The van der Waals surface area contributed by atoms with Crippen molar-refractivity contribution in [1.29, 1.82) is 0 Å². The summed E-state index contributed by atoms with van der Waals surface area (Å²) in [7, 11) is -1.94. The Labute approximate surface area is 138 Å². The van der Waals surface area contributed by atoms with E-state index in [2.05, 4.69) is 35.7 Å². The number of hydrogen-bond donors (Lipinski definition) is 5. The summed E-state index contributed by atoms with van der Waals surface area (Å²) in [6, 6.07) is 2.60. The van der Waals surface area contributed by atoms with E-state index in [4.69, 9.17) is 0 Å². The summed E-state index contributed by atoms with van der Waals surface area (Å²) in [5.41, 5.74) is -0.136. The van der Waals surface area contributed by atoms with Crippen LogP contribution < -0.4 is 21.4 Å². The van der Waals surface area contributed by atoms with Crippen LogP contribution in [-0.4, -0.2) is 34.9 Å². The van der Waals surface area contributed by atoms with E-state index in [1.807, 2.05) is 0 Å². The molecule has 0 heterocycles. The highest BCUT2D eigenvalue weighted by Crippen LogP contribution is 2.30. The molecule has 0 saturated carbocycles. The maximum Gasteiger partial charge on any atom is 0.490 e. The first-order valence-electron chi connectivity index (χ1n) is 6.67. The lowest BCUT2D eigenvalue weighted by Crippen LogP contribution is -2.34. The Bertz CT molecular complexity index is 715. The van der Waals surface area contributed by atoms with Gasteiger partial charge in [0.15, 0.2) is 0 Å². The van der Waals surface area contributed by atoms with E-state index in [1.165, 1.54) is 12.1 Å². The van der Waals surface area contributed by atoms with Gasteiger partial charge in [0, 0.05) is 5.46 Å². The summed E-state index contributed by atoms with van der Waals surface area (Å²) in [4.78, 5) is 34.8. The van der Waals surface area contributed by atoms with Gasteiger partial charge in [0.1, 0.15) is 0 Å². The van der Waals surface area contributed by atoms with Crippen molar-refractivity contribution >= 4 is 47.4 Å². The highest BCUT2D eigenvalue weighted by Gasteiger charge is 2.23. The summed E-state index contributed by atoms with van der Waals surface area (Å²) in [6.07, 6.45) is 2.94. The fraction of sp³-hybridized carbons (Fsp3) is 0. The third-order valence-electron chi connectivity index (χ3n) is 2.83. The fourth-order valence-electron chi connectivity index (χ4n) is 1.73. The molecule has 24 heavy (non-hydrogen) atoms. The zero-order valence-corrected chi connectivity index (χ0v) is 12.7. The monoisotopic (exact) mass is 329 g/mol. The molecular weight excluding hydrogens is 313 g/mol. The van der Waals surface area contributed by atoms with Crippen molar-refractivity contribution in [1.82, 2.24) is 0 Å². The van der Waals surface area contributed by atoms with Crippen LogP contribution in [0.2, 0.25) is 0 Å². The van der Waals surface area contributed by atoms with Gasteiger partial charge in [-0.3, -0.25) is 14.4 Å². The second kappa shape index (κ2) is 8.46. The van der Waals surface area contributed by atoms with Crippen LogP contribution in [0.4, 0.5) is 17.1 Å². The lowest BCUT2D eigenvalue weighted by molar-refractivity contribution is -0.112. The number of anilines is 3. The number of hydrogen-bond acceptors (Lipinski definition) is 5. The zero-order valence-electron chi connectivity index (χ0n) is 12.7. The van der Waals surface area contributed by atoms with Gasteiger partial charge in [-0.1, -0.05) is 25.8 Å². The molecule has 0 aliphatic carbocycles. The number of amides is 3. The quantitative estimate of drug-likeness (QED) is 0.348. The minimum absolute atomic E-state index is 0.0455. The minimum Gasteiger partial charge on any atom is -0.423 e. The number of rotatable bonds is 7. The maximum absolute atomic E-state index is 11.7. The van der Waals surface area contributed by atoms with Crippen molar-refractivity contribution in [3.63, 3.8) is 0 Å². The predicted molar refractivity (Wildman–Crippen MR) is 92.7 cm³/mol. The molecule has 9 heteroatoms. The van der Waals surface area contributed by atoms with Gasteiger partial charge in [0.25, 0.3) is 0 Å². The molecule has 0 unspecified atom stereocenters. The highest BCUT2D eigenvalue weighted by molar-refractivity contribution is 6.61. The van der Waals surface area contributed by atoms with Gasteiger partial charge in [0.05, 0.1) is 17.1 Å². The van der Waals surface area contributed by atoms with Gasteiger partial charge < -0.3 is 26.0 Å². The zero-order chi connectivity index (χ0) is 18.3. The van der Waals surface area contributed by atoms with E-state index < -0.39 is 24.8 Å². The van der Waals surface area contributed by atoms with Crippen LogP contribution in [-0.2, 0) is 14.4 Å². The number of carbonyl (C=O) groups excluding carboxylic acids is 3. The van der Waals surface area contributed by atoms with E-state index in [0.29, 0.717) is 0 Å². The van der Waals surface area contributed by atoms with E-state index in [-0.39, 0.29) is 22.5 Å².